The van der Waals surface area contributed by atoms with Crippen molar-refractivity contribution in [1.82, 2.24) is 0 Å². The van der Waals surface area contributed by atoms with E-state index >= 15 is 0 Å². The van der Waals surface area contributed by atoms with Gasteiger partial charge in [-0.15, -0.1) is 0 Å². The summed E-state index contributed by atoms with van der Waals surface area (Å²) in [6, 6.07) is 6.84. The molecule has 0 saturated heterocycles. The van der Waals surface area contributed by atoms with Crippen LogP contribution in [0.2, 0.25) is 0 Å². The Morgan fingerprint density at radius 2 is 1.83 bits per heavy atom. The van der Waals surface area contributed by atoms with Crippen LogP contribution in [0.1, 0.15) is 34.3 Å². The van der Waals surface area contributed by atoms with Crippen LogP contribution in [-0.4, -0.2) is 43.6 Å². The van der Waals surface area contributed by atoms with E-state index in [1.165, 1.54) is 14.2 Å². The van der Waals surface area contributed by atoms with Crippen LogP contribution in [0.3, 0.4) is 0 Å². The number of Topliss-reactive ketones (excluding diaryl/α,β-unsaturated/α-hetero) is 1. The molecule has 7 nitrogen and oxygen atoms in total. The molecule has 30 heavy (non-hydrogen) atoms. The quantitative estimate of drug-likeness (QED) is 0.779. The van der Waals surface area contributed by atoms with Crippen molar-refractivity contribution in [3.63, 3.8) is 0 Å². The van der Waals surface area contributed by atoms with Gasteiger partial charge in [0.2, 0.25) is 6.29 Å². The predicted molar refractivity (Wildman–Crippen MR) is 107 cm³/mol. The van der Waals surface area contributed by atoms with E-state index < -0.39 is 18.3 Å². The molecule has 7 heteroatoms. The smallest absolute Gasteiger partial charge is 0.235 e. The fourth-order valence-electron chi connectivity index (χ4n) is 4.38. The maximum Gasteiger partial charge on any atom is 0.235 e. The van der Waals surface area contributed by atoms with Gasteiger partial charge in [0, 0.05) is 23.6 Å². The molecule has 0 bridgehead atoms. The van der Waals surface area contributed by atoms with Crippen molar-refractivity contribution in [1.29, 1.82) is 0 Å². The molecule has 0 spiro atoms. The van der Waals surface area contributed by atoms with E-state index in [0.29, 0.717) is 46.3 Å². The molecule has 0 amide bonds. The standard InChI is InChI=1S/C23H22O7/c1-10(2)15-8-13-14(28-15)6-5-11-20(24)19-12-7-17(26-3)18(27-4)9-16(12)29-23(25)22(19)30-21(11)13/h5-7,9,15,19,22-23,25H,1,8H2,2-4H3/t15-,19-,22+,23-/m1/s1. The van der Waals surface area contributed by atoms with Crippen molar-refractivity contribution in [3.05, 3.63) is 53.1 Å². The molecule has 3 heterocycles. The second-order valence-corrected chi connectivity index (χ2v) is 7.75. The van der Waals surface area contributed by atoms with Gasteiger partial charge < -0.3 is 28.8 Å². The first-order valence-electron chi connectivity index (χ1n) is 9.72. The zero-order valence-electron chi connectivity index (χ0n) is 16.9. The summed E-state index contributed by atoms with van der Waals surface area (Å²) in [5, 5.41) is 10.7. The van der Waals surface area contributed by atoms with E-state index in [1.54, 1.807) is 24.3 Å². The molecular formula is C23H22O7. The lowest BCUT2D eigenvalue weighted by atomic mass is 9.80. The Morgan fingerprint density at radius 3 is 2.53 bits per heavy atom. The van der Waals surface area contributed by atoms with Crippen LogP contribution in [-0.2, 0) is 6.42 Å². The van der Waals surface area contributed by atoms with Crippen molar-refractivity contribution in [2.24, 2.45) is 0 Å². The second-order valence-electron chi connectivity index (χ2n) is 7.75. The molecule has 0 saturated carbocycles. The maximum absolute atomic E-state index is 13.6. The summed E-state index contributed by atoms with van der Waals surface area (Å²) in [6.45, 7) is 5.87. The maximum atomic E-state index is 13.6. The Hall–Kier alpha value is -3.19. The average molecular weight is 410 g/mol. The number of benzene rings is 2. The Morgan fingerprint density at radius 1 is 1.10 bits per heavy atom. The molecule has 2 aromatic carbocycles. The van der Waals surface area contributed by atoms with E-state index in [9.17, 15) is 9.90 Å². The number of ketones is 1. The van der Waals surface area contributed by atoms with Crippen LogP contribution in [0.25, 0.3) is 0 Å². The van der Waals surface area contributed by atoms with Crippen LogP contribution < -0.4 is 23.7 Å². The van der Waals surface area contributed by atoms with Gasteiger partial charge in [0.1, 0.15) is 23.4 Å². The van der Waals surface area contributed by atoms with Gasteiger partial charge in [-0.25, -0.2) is 0 Å². The lowest BCUT2D eigenvalue weighted by Gasteiger charge is -2.40. The minimum Gasteiger partial charge on any atom is -0.493 e. The number of aliphatic hydroxyl groups excluding tert-OH is 1. The summed E-state index contributed by atoms with van der Waals surface area (Å²) in [7, 11) is 3.04. The lowest BCUT2D eigenvalue weighted by molar-refractivity contribution is -0.112. The Balaban J connectivity index is 1.61. The van der Waals surface area contributed by atoms with E-state index in [4.69, 9.17) is 23.7 Å². The lowest BCUT2D eigenvalue weighted by Crippen LogP contribution is -2.49. The highest BCUT2D eigenvalue weighted by molar-refractivity contribution is 6.06. The number of rotatable bonds is 3. The number of aliphatic hydroxyl groups is 1. The van der Waals surface area contributed by atoms with Gasteiger partial charge in [-0.3, -0.25) is 4.79 Å². The molecule has 3 aliphatic heterocycles. The number of methoxy groups -OCH3 is 2. The van der Waals surface area contributed by atoms with Gasteiger partial charge in [0.15, 0.2) is 23.4 Å². The fourth-order valence-corrected chi connectivity index (χ4v) is 4.38. The van der Waals surface area contributed by atoms with Gasteiger partial charge in [-0.1, -0.05) is 6.58 Å². The molecule has 156 valence electrons. The Labute approximate surface area is 173 Å². The number of carbonyl (C=O) groups excluding carboxylic acids is 1. The largest absolute Gasteiger partial charge is 0.493 e. The normalized spacial score (nSPS) is 25.5. The van der Waals surface area contributed by atoms with Gasteiger partial charge in [-0.2, -0.15) is 0 Å². The summed E-state index contributed by atoms with van der Waals surface area (Å²) in [6.07, 6.45) is -1.79. The van der Waals surface area contributed by atoms with Gasteiger partial charge in [0.05, 0.1) is 25.7 Å². The van der Waals surface area contributed by atoms with Crippen molar-refractivity contribution in [3.8, 4) is 28.7 Å². The van der Waals surface area contributed by atoms with Crippen LogP contribution in [0.5, 0.6) is 28.7 Å². The van der Waals surface area contributed by atoms with Crippen molar-refractivity contribution in [2.45, 2.75) is 37.8 Å². The molecule has 3 aliphatic rings. The minimum absolute atomic E-state index is 0.140. The first kappa shape index (κ1) is 18.8. The Kier molecular flexibility index (Phi) is 4.18. The third kappa shape index (κ3) is 2.58. The van der Waals surface area contributed by atoms with Crippen molar-refractivity contribution < 1.29 is 33.6 Å². The molecule has 0 aliphatic carbocycles. The SMILES string of the molecule is C=C(C)[C@H]1Cc2c(ccc3c2O[C@@H]2[C@H](O)Oc4cc(OC)c(OC)cc4[C@@H]2C3=O)O1. The van der Waals surface area contributed by atoms with Crippen LogP contribution in [0, 0.1) is 0 Å². The van der Waals surface area contributed by atoms with E-state index in [0.717, 1.165) is 11.1 Å². The molecule has 0 fully saturated rings. The highest BCUT2D eigenvalue weighted by Crippen LogP contribution is 2.50. The average Bonchev–Trinajstić information content (AvgIpc) is 3.18. The third-order valence-corrected chi connectivity index (χ3v) is 5.94. The van der Waals surface area contributed by atoms with Gasteiger partial charge >= 0.3 is 0 Å². The van der Waals surface area contributed by atoms with E-state index in [2.05, 4.69) is 6.58 Å². The highest BCUT2D eigenvalue weighted by atomic mass is 16.6. The summed E-state index contributed by atoms with van der Waals surface area (Å²) >= 11 is 0. The first-order valence-corrected chi connectivity index (χ1v) is 9.72. The van der Waals surface area contributed by atoms with E-state index in [-0.39, 0.29) is 11.9 Å². The number of carbonyl (C=O) groups is 1. The predicted octanol–water partition coefficient (Wildman–Crippen LogP) is 3.02. The second kappa shape index (κ2) is 6.67. The zero-order chi connectivity index (χ0) is 21.2. The molecule has 1 N–H and O–H groups in total. The number of hydrogen-bond acceptors (Lipinski definition) is 7. The summed E-state index contributed by atoms with van der Waals surface area (Å²) in [4.78, 5) is 13.6. The monoisotopic (exact) mass is 410 g/mol. The third-order valence-electron chi connectivity index (χ3n) is 5.94. The summed E-state index contributed by atoms with van der Waals surface area (Å²) in [5.41, 5.74) is 2.78. The molecular weight excluding hydrogens is 388 g/mol. The molecule has 5 rings (SSSR count). The fraction of sp³-hybridized carbons (Fsp3) is 0.348. The van der Waals surface area contributed by atoms with Gasteiger partial charge in [-0.05, 0) is 30.7 Å². The minimum atomic E-state index is -1.31. The molecule has 0 unspecified atom stereocenters. The van der Waals surface area contributed by atoms with E-state index in [1.807, 2.05) is 6.92 Å². The van der Waals surface area contributed by atoms with Crippen LogP contribution in [0.4, 0.5) is 0 Å². The number of hydrogen-bond donors (Lipinski definition) is 1. The van der Waals surface area contributed by atoms with Crippen molar-refractivity contribution >= 4 is 5.78 Å². The molecule has 0 aromatic heterocycles. The number of ether oxygens (including phenoxy) is 5. The van der Waals surface area contributed by atoms with Crippen LogP contribution >= 0.6 is 0 Å². The highest BCUT2D eigenvalue weighted by Gasteiger charge is 2.49. The molecule has 4 atom stereocenters. The van der Waals surface area contributed by atoms with Crippen LogP contribution in [0.15, 0.2) is 36.4 Å². The van der Waals surface area contributed by atoms with Gasteiger partial charge in [0.25, 0.3) is 0 Å². The van der Waals surface area contributed by atoms with Crippen molar-refractivity contribution in [2.75, 3.05) is 14.2 Å². The topological polar surface area (TPSA) is 83.5 Å². The first-order chi connectivity index (χ1) is 14.4. The molecule has 0 radical (unpaired) electrons. The number of fused-ring (bicyclic) bond motifs is 6. The summed E-state index contributed by atoms with van der Waals surface area (Å²) < 4.78 is 28.5. The molecule has 2 aromatic rings. The zero-order valence-corrected chi connectivity index (χ0v) is 16.9. The Bertz CT molecular complexity index is 1070. The summed E-state index contributed by atoms with van der Waals surface area (Å²) in [5.74, 6) is 1.55.